The molecule has 1 saturated carbocycles. The van der Waals surface area contributed by atoms with Gasteiger partial charge < -0.3 is 10.6 Å². The van der Waals surface area contributed by atoms with Gasteiger partial charge in [-0.1, -0.05) is 40.8 Å². The average Bonchev–Trinajstić information content (AvgIpc) is 3.14. The lowest BCUT2D eigenvalue weighted by Crippen LogP contribution is -2.13. The lowest BCUT2D eigenvalue weighted by atomic mass is 10.3. The number of anilines is 2. The first-order chi connectivity index (χ1) is 10.2. The summed E-state index contributed by atoms with van der Waals surface area (Å²) < 4.78 is 0.791. The highest BCUT2D eigenvalue weighted by molar-refractivity contribution is 8.01. The number of hydrogen-bond acceptors (Lipinski definition) is 6. The van der Waals surface area contributed by atoms with E-state index in [9.17, 15) is 4.79 Å². The molecule has 0 bridgehead atoms. The van der Waals surface area contributed by atoms with E-state index < -0.39 is 0 Å². The van der Waals surface area contributed by atoms with Gasteiger partial charge in [0.05, 0.1) is 5.75 Å². The first-order valence-corrected chi connectivity index (χ1v) is 8.65. The Morgan fingerprint density at radius 3 is 3.05 bits per heavy atom. The number of carbonyl (C=O) groups excluding carboxylic acids is 1. The number of halogens is 1. The molecule has 0 spiro atoms. The predicted octanol–water partition coefficient (Wildman–Crippen LogP) is 3.50. The van der Waals surface area contributed by atoms with Gasteiger partial charge in [0, 0.05) is 16.8 Å². The summed E-state index contributed by atoms with van der Waals surface area (Å²) in [5.74, 6) is 0.207. The molecule has 0 aliphatic heterocycles. The van der Waals surface area contributed by atoms with Crippen LogP contribution in [0.1, 0.15) is 12.8 Å². The molecule has 110 valence electrons. The molecule has 21 heavy (non-hydrogen) atoms. The van der Waals surface area contributed by atoms with Gasteiger partial charge in [0.2, 0.25) is 11.0 Å². The van der Waals surface area contributed by atoms with Crippen LogP contribution in [0.4, 0.5) is 10.8 Å². The summed E-state index contributed by atoms with van der Waals surface area (Å²) in [6, 6.07) is 7.64. The molecule has 1 aromatic carbocycles. The van der Waals surface area contributed by atoms with Crippen LogP contribution in [-0.4, -0.2) is 27.9 Å². The van der Waals surface area contributed by atoms with Crippen LogP contribution in [0.5, 0.6) is 0 Å². The fourth-order valence-electron chi connectivity index (χ4n) is 1.62. The summed E-state index contributed by atoms with van der Waals surface area (Å²) in [7, 11) is 0. The third-order valence-corrected chi connectivity index (χ3v) is 4.97. The number of nitrogens with zero attached hydrogens (tertiary/aromatic N) is 2. The van der Waals surface area contributed by atoms with Gasteiger partial charge in [-0.25, -0.2) is 0 Å². The van der Waals surface area contributed by atoms with Gasteiger partial charge in [-0.05, 0) is 31.0 Å². The quantitative estimate of drug-likeness (QED) is 0.788. The molecule has 2 aromatic rings. The van der Waals surface area contributed by atoms with Crippen LogP contribution >= 0.6 is 34.7 Å². The fourth-order valence-corrected chi connectivity index (χ4v) is 3.44. The maximum absolute atomic E-state index is 11.9. The first-order valence-electron chi connectivity index (χ1n) is 6.47. The lowest BCUT2D eigenvalue weighted by Gasteiger charge is -2.04. The SMILES string of the molecule is O=C(CSc1nnc(NC2CC2)s1)Nc1cccc(Cl)c1. The summed E-state index contributed by atoms with van der Waals surface area (Å²) in [4.78, 5) is 11.9. The minimum Gasteiger partial charge on any atom is -0.357 e. The Morgan fingerprint density at radius 1 is 1.43 bits per heavy atom. The molecule has 2 N–H and O–H groups in total. The second-order valence-corrected chi connectivity index (χ2v) is 7.28. The second kappa shape index (κ2) is 6.64. The van der Waals surface area contributed by atoms with E-state index in [-0.39, 0.29) is 5.91 Å². The number of carbonyl (C=O) groups is 1. The van der Waals surface area contributed by atoms with Crippen molar-refractivity contribution in [3.63, 3.8) is 0 Å². The van der Waals surface area contributed by atoms with Gasteiger partial charge in [-0.2, -0.15) is 0 Å². The number of amides is 1. The highest BCUT2D eigenvalue weighted by atomic mass is 35.5. The van der Waals surface area contributed by atoms with Crippen molar-refractivity contribution in [1.82, 2.24) is 10.2 Å². The van der Waals surface area contributed by atoms with Crippen LogP contribution in [-0.2, 0) is 4.79 Å². The Balaban J connectivity index is 1.47. The highest BCUT2D eigenvalue weighted by Gasteiger charge is 2.22. The van der Waals surface area contributed by atoms with E-state index in [1.54, 1.807) is 24.3 Å². The van der Waals surface area contributed by atoms with Gasteiger partial charge in [-0.3, -0.25) is 4.79 Å². The van der Waals surface area contributed by atoms with E-state index in [0.717, 1.165) is 9.47 Å². The fraction of sp³-hybridized carbons (Fsp3) is 0.308. The molecule has 0 saturated heterocycles. The van der Waals surface area contributed by atoms with Crippen LogP contribution in [0.25, 0.3) is 0 Å². The zero-order valence-electron chi connectivity index (χ0n) is 11.0. The summed E-state index contributed by atoms with van der Waals surface area (Å²) in [6.45, 7) is 0. The number of aromatic nitrogens is 2. The molecule has 8 heteroatoms. The van der Waals surface area contributed by atoms with E-state index in [2.05, 4.69) is 20.8 Å². The standard InChI is InChI=1S/C13H13ClN4OS2/c14-8-2-1-3-10(6-8)15-11(19)7-20-13-18-17-12(21-13)16-9-4-5-9/h1-3,6,9H,4-5,7H2,(H,15,19)(H,16,17). The van der Waals surface area contributed by atoms with E-state index in [0.29, 0.717) is 22.5 Å². The van der Waals surface area contributed by atoms with Gasteiger partial charge in [0.1, 0.15) is 0 Å². The van der Waals surface area contributed by atoms with Crippen molar-refractivity contribution in [2.75, 3.05) is 16.4 Å². The normalized spacial score (nSPS) is 14.0. The number of hydrogen-bond donors (Lipinski definition) is 2. The minimum atomic E-state index is -0.0887. The third-order valence-electron chi connectivity index (χ3n) is 2.75. The summed E-state index contributed by atoms with van der Waals surface area (Å²) in [5.41, 5.74) is 0.696. The molecule has 0 atom stereocenters. The smallest absolute Gasteiger partial charge is 0.234 e. The molecule has 1 amide bonds. The van der Waals surface area contributed by atoms with Crippen LogP contribution in [0.3, 0.4) is 0 Å². The van der Waals surface area contributed by atoms with Crippen LogP contribution in [0, 0.1) is 0 Å². The molecule has 3 rings (SSSR count). The van der Waals surface area contributed by atoms with Gasteiger partial charge in [0.15, 0.2) is 4.34 Å². The molecule has 1 heterocycles. The zero-order valence-corrected chi connectivity index (χ0v) is 13.4. The van der Waals surface area contributed by atoms with Crippen molar-refractivity contribution in [1.29, 1.82) is 0 Å². The van der Waals surface area contributed by atoms with E-state index in [4.69, 9.17) is 11.6 Å². The summed E-state index contributed by atoms with van der Waals surface area (Å²) in [6.07, 6.45) is 2.40. The van der Waals surface area contributed by atoms with Gasteiger partial charge in [-0.15, -0.1) is 10.2 Å². The van der Waals surface area contributed by atoms with Crippen LogP contribution in [0.2, 0.25) is 5.02 Å². The minimum absolute atomic E-state index is 0.0887. The molecule has 5 nitrogen and oxygen atoms in total. The molecule has 1 aliphatic rings. The number of thioether (sulfide) groups is 1. The molecule has 0 unspecified atom stereocenters. The molecule has 1 aromatic heterocycles. The third kappa shape index (κ3) is 4.59. The number of nitrogens with one attached hydrogen (secondary N) is 2. The van der Waals surface area contributed by atoms with Crippen molar-refractivity contribution in [2.24, 2.45) is 0 Å². The highest BCUT2D eigenvalue weighted by Crippen LogP contribution is 2.30. The van der Waals surface area contributed by atoms with Gasteiger partial charge >= 0.3 is 0 Å². The number of benzene rings is 1. The number of rotatable bonds is 6. The topological polar surface area (TPSA) is 66.9 Å². The predicted molar refractivity (Wildman–Crippen MR) is 87.4 cm³/mol. The Morgan fingerprint density at radius 2 is 2.29 bits per heavy atom. The van der Waals surface area contributed by atoms with Crippen molar-refractivity contribution in [3.05, 3.63) is 29.3 Å². The van der Waals surface area contributed by atoms with E-state index in [1.807, 2.05) is 0 Å². The van der Waals surface area contributed by atoms with E-state index >= 15 is 0 Å². The maximum Gasteiger partial charge on any atom is 0.234 e. The molecule has 1 fully saturated rings. The molecular weight excluding hydrogens is 328 g/mol. The Bertz CT molecular complexity index is 645. The Labute approximate surface area is 135 Å². The molecular formula is C13H13ClN4OS2. The monoisotopic (exact) mass is 340 g/mol. The van der Waals surface area contributed by atoms with Gasteiger partial charge in [0.25, 0.3) is 0 Å². The van der Waals surface area contributed by atoms with Crippen molar-refractivity contribution in [2.45, 2.75) is 23.2 Å². The lowest BCUT2D eigenvalue weighted by molar-refractivity contribution is -0.113. The Hall–Kier alpha value is -1.31. The summed E-state index contributed by atoms with van der Waals surface area (Å²) in [5, 5.41) is 15.6. The van der Waals surface area contributed by atoms with Crippen molar-refractivity contribution in [3.8, 4) is 0 Å². The summed E-state index contributed by atoms with van der Waals surface area (Å²) >= 11 is 8.73. The van der Waals surface area contributed by atoms with Crippen LogP contribution in [0.15, 0.2) is 28.6 Å². The van der Waals surface area contributed by atoms with E-state index in [1.165, 1.54) is 35.9 Å². The molecule has 1 aliphatic carbocycles. The first kappa shape index (κ1) is 14.6. The van der Waals surface area contributed by atoms with Crippen molar-refractivity contribution < 1.29 is 4.79 Å². The largest absolute Gasteiger partial charge is 0.357 e. The van der Waals surface area contributed by atoms with Crippen molar-refractivity contribution >= 4 is 51.4 Å². The average molecular weight is 341 g/mol. The second-order valence-electron chi connectivity index (χ2n) is 4.64. The van der Waals surface area contributed by atoms with Crippen LogP contribution < -0.4 is 10.6 Å². The maximum atomic E-state index is 11.9. The molecule has 0 radical (unpaired) electrons. The zero-order chi connectivity index (χ0) is 14.7. The Kier molecular flexibility index (Phi) is 4.62.